The normalized spacial score (nSPS) is 11.2. The molecule has 0 aliphatic carbocycles. The molecule has 0 saturated heterocycles. The molecular formula is C22H19N3OS. The van der Waals surface area contributed by atoms with Crippen LogP contribution in [0, 0.1) is 13.8 Å². The number of aryl methyl sites for hydroxylation is 2. The number of oxazole rings is 1. The topological polar surface area (TPSA) is 50.4 Å². The highest BCUT2D eigenvalue weighted by Crippen LogP contribution is 2.30. The highest BCUT2D eigenvalue weighted by atomic mass is 32.1. The Morgan fingerprint density at radius 1 is 1.00 bits per heavy atom. The van der Waals surface area contributed by atoms with E-state index in [1.165, 1.54) is 28.0 Å². The maximum atomic E-state index is 5.42. The first-order chi connectivity index (χ1) is 13.2. The Bertz CT molecular complexity index is 1060. The molecule has 134 valence electrons. The van der Waals surface area contributed by atoms with Crippen molar-refractivity contribution in [1.29, 1.82) is 0 Å². The second kappa shape index (κ2) is 7.60. The van der Waals surface area contributed by atoms with Crippen LogP contribution in [-0.2, 0) is 0 Å². The van der Waals surface area contributed by atoms with Crippen molar-refractivity contribution >= 4 is 23.2 Å². The van der Waals surface area contributed by atoms with Crippen LogP contribution >= 0.6 is 11.3 Å². The Kier molecular flexibility index (Phi) is 4.85. The van der Waals surface area contributed by atoms with Crippen molar-refractivity contribution < 1.29 is 4.42 Å². The monoisotopic (exact) mass is 373 g/mol. The van der Waals surface area contributed by atoms with E-state index in [0.29, 0.717) is 0 Å². The number of nitrogens with one attached hydrogen (secondary N) is 1. The zero-order chi connectivity index (χ0) is 18.6. The van der Waals surface area contributed by atoms with E-state index in [1.54, 1.807) is 17.5 Å². The Morgan fingerprint density at radius 2 is 1.81 bits per heavy atom. The van der Waals surface area contributed by atoms with Crippen LogP contribution in [-0.4, -0.2) is 11.2 Å². The first-order valence-electron chi connectivity index (χ1n) is 8.64. The van der Waals surface area contributed by atoms with Gasteiger partial charge in [-0.15, -0.1) is 11.3 Å². The van der Waals surface area contributed by atoms with Crippen molar-refractivity contribution in [2.75, 3.05) is 5.43 Å². The SMILES string of the molecule is Cc1ccc(-c2cnco2)cc1-c1ccc(NN=Cc2sccc2C)cc1. The number of thiophene rings is 1. The number of rotatable bonds is 5. The summed E-state index contributed by atoms with van der Waals surface area (Å²) in [6.45, 7) is 4.20. The van der Waals surface area contributed by atoms with E-state index >= 15 is 0 Å². The van der Waals surface area contributed by atoms with Gasteiger partial charge >= 0.3 is 0 Å². The molecule has 4 aromatic rings. The highest BCUT2D eigenvalue weighted by Gasteiger charge is 2.07. The summed E-state index contributed by atoms with van der Waals surface area (Å²) in [6.07, 6.45) is 5.04. The molecule has 0 saturated carbocycles. The summed E-state index contributed by atoms with van der Waals surface area (Å²) in [5.41, 5.74) is 9.84. The molecule has 0 atom stereocenters. The lowest BCUT2D eigenvalue weighted by atomic mass is 9.97. The number of anilines is 1. The summed E-state index contributed by atoms with van der Waals surface area (Å²) < 4.78 is 5.42. The Labute approximate surface area is 162 Å². The standard InChI is InChI=1S/C22H19N3OS/c1-15-3-4-18(21-12-23-14-26-21)11-20(15)17-5-7-19(8-6-17)25-24-13-22-16(2)9-10-27-22/h3-14,25H,1-2H3. The Morgan fingerprint density at radius 3 is 2.52 bits per heavy atom. The maximum absolute atomic E-state index is 5.42. The van der Waals surface area contributed by atoms with Gasteiger partial charge in [-0.2, -0.15) is 5.10 Å². The van der Waals surface area contributed by atoms with Crippen molar-refractivity contribution in [1.82, 2.24) is 4.98 Å². The molecule has 0 spiro atoms. The van der Waals surface area contributed by atoms with E-state index in [-0.39, 0.29) is 0 Å². The van der Waals surface area contributed by atoms with E-state index in [2.05, 4.69) is 71.1 Å². The molecule has 0 unspecified atom stereocenters. The number of hydrogen-bond acceptors (Lipinski definition) is 5. The fourth-order valence-electron chi connectivity index (χ4n) is 2.85. The average molecular weight is 373 g/mol. The Balaban J connectivity index is 1.53. The van der Waals surface area contributed by atoms with Gasteiger partial charge in [0.15, 0.2) is 12.2 Å². The molecule has 2 heterocycles. The molecule has 0 radical (unpaired) electrons. The van der Waals surface area contributed by atoms with Crippen LogP contribution in [0.3, 0.4) is 0 Å². The molecule has 2 aromatic carbocycles. The van der Waals surface area contributed by atoms with E-state index in [4.69, 9.17) is 4.42 Å². The lowest BCUT2D eigenvalue weighted by molar-refractivity contribution is 0.572. The van der Waals surface area contributed by atoms with Crippen LogP contribution in [0.25, 0.3) is 22.5 Å². The second-order valence-electron chi connectivity index (χ2n) is 6.31. The molecule has 0 aliphatic heterocycles. The van der Waals surface area contributed by atoms with Gasteiger partial charge in [0.1, 0.15) is 0 Å². The summed E-state index contributed by atoms with van der Waals surface area (Å²) >= 11 is 1.68. The van der Waals surface area contributed by atoms with Crippen LogP contribution in [0.15, 0.2) is 76.0 Å². The van der Waals surface area contributed by atoms with Crippen molar-refractivity contribution in [2.24, 2.45) is 5.10 Å². The molecule has 0 amide bonds. The molecule has 5 heteroatoms. The third kappa shape index (κ3) is 3.83. The molecule has 1 N–H and O–H groups in total. The first kappa shape index (κ1) is 17.2. The van der Waals surface area contributed by atoms with Crippen LogP contribution in [0.1, 0.15) is 16.0 Å². The largest absolute Gasteiger partial charge is 0.444 e. The van der Waals surface area contributed by atoms with Gasteiger partial charge in [-0.05, 0) is 65.7 Å². The quantitative estimate of drug-likeness (QED) is 0.338. The summed E-state index contributed by atoms with van der Waals surface area (Å²) in [7, 11) is 0. The van der Waals surface area contributed by atoms with Gasteiger partial charge in [0, 0.05) is 10.4 Å². The van der Waals surface area contributed by atoms with Crippen molar-refractivity contribution in [3.8, 4) is 22.5 Å². The minimum Gasteiger partial charge on any atom is -0.444 e. The number of hydrazone groups is 1. The highest BCUT2D eigenvalue weighted by molar-refractivity contribution is 7.11. The fourth-order valence-corrected chi connectivity index (χ4v) is 3.64. The van der Waals surface area contributed by atoms with Crippen LogP contribution < -0.4 is 5.43 Å². The van der Waals surface area contributed by atoms with Gasteiger partial charge in [0.05, 0.1) is 18.1 Å². The third-order valence-corrected chi connectivity index (χ3v) is 5.38. The van der Waals surface area contributed by atoms with Gasteiger partial charge in [-0.1, -0.05) is 24.3 Å². The van der Waals surface area contributed by atoms with Crippen LogP contribution in [0.2, 0.25) is 0 Å². The van der Waals surface area contributed by atoms with Crippen molar-refractivity contribution in [3.05, 3.63) is 82.5 Å². The predicted molar refractivity (Wildman–Crippen MR) is 112 cm³/mol. The Hall–Kier alpha value is -3.18. The predicted octanol–water partition coefficient (Wildman–Crippen LogP) is 6.13. The number of hydrogen-bond donors (Lipinski definition) is 1. The lowest BCUT2D eigenvalue weighted by Crippen LogP contribution is -1.91. The summed E-state index contributed by atoms with van der Waals surface area (Å²) in [5, 5.41) is 6.40. The molecule has 4 nitrogen and oxygen atoms in total. The zero-order valence-corrected chi connectivity index (χ0v) is 16.0. The zero-order valence-electron chi connectivity index (χ0n) is 15.1. The molecule has 0 bridgehead atoms. The number of nitrogens with zero attached hydrogens (tertiary/aromatic N) is 2. The lowest BCUT2D eigenvalue weighted by Gasteiger charge is -2.09. The van der Waals surface area contributed by atoms with Crippen molar-refractivity contribution in [2.45, 2.75) is 13.8 Å². The minimum absolute atomic E-state index is 0.771. The van der Waals surface area contributed by atoms with Gasteiger partial charge in [-0.25, -0.2) is 4.98 Å². The maximum Gasteiger partial charge on any atom is 0.181 e. The van der Waals surface area contributed by atoms with Crippen LogP contribution in [0.4, 0.5) is 5.69 Å². The minimum atomic E-state index is 0.771. The van der Waals surface area contributed by atoms with Gasteiger partial charge in [0.2, 0.25) is 0 Å². The second-order valence-corrected chi connectivity index (χ2v) is 7.26. The molecule has 2 aromatic heterocycles. The van der Waals surface area contributed by atoms with Gasteiger partial charge in [-0.3, -0.25) is 5.43 Å². The number of aromatic nitrogens is 1. The first-order valence-corrected chi connectivity index (χ1v) is 9.52. The van der Waals surface area contributed by atoms with E-state index in [0.717, 1.165) is 22.6 Å². The molecule has 4 rings (SSSR count). The van der Waals surface area contributed by atoms with Crippen molar-refractivity contribution in [3.63, 3.8) is 0 Å². The average Bonchev–Trinajstić information content (AvgIpc) is 3.35. The van der Waals surface area contributed by atoms with E-state index < -0.39 is 0 Å². The van der Waals surface area contributed by atoms with Gasteiger partial charge in [0.25, 0.3) is 0 Å². The summed E-state index contributed by atoms with van der Waals surface area (Å²) in [5.74, 6) is 0.771. The summed E-state index contributed by atoms with van der Waals surface area (Å²) in [6, 6.07) is 16.7. The van der Waals surface area contributed by atoms with Crippen LogP contribution in [0.5, 0.6) is 0 Å². The third-order valence-electron chi connectivity index (χ3n) is 4.43. The molecular weight excluding hydrogens is 354 g/mol. The van der Waals surface area contributed by atoms with E-state index in [9.17, 15) is 0 Å². The fraction of sp³-hybridized carbons (Fsp3) is 0.0909. The molecule has 0 aliphatic rings. The molecule has 27 heavy (non-hydrogen) atoms. The summed E-state index contributed by atoms with van der Waals surface area (Å²) in [4.78, 5) is 5.17. The van der Waals surface area contributed by atoms with Gasteiger partial charge < -0.3 is 4.42 Å². The number of benzene rings is 2. The smallest absolute Gasteiger partial charge is 0.181 e. The van der Waals surface area contributed by atoms with E-state index in [1.807, 2.05) is 18.3 Å². The molecule has 0 fully saturated rings.